The van der Waals surface area contributed by atoms with Crippen LogP contribution in [0.3, 0.4) is 0 Å². The van der Waals surface area contributed by atoms with Crippen molar-refractivity contribution in [1.82, 2.24) is 0 Å². The molecule has 0 aromatic carbocycles. The third-order valence-electron chi connectivity index (χ3n) is 0.231. The summed E-state index contributed by atoms with van der Waals surface area (Å²) >= 11 is 0. The quantitative estimate of drug-likeness (QED) is 0.490. The summed E-state index contributed by atoms with van der Waals surface area (Å²) in [5.41, 5.74) is 0. The molecular formula is CH4O4P. The molecule has 0 saturated carbocycles. The molecule has 4 nitrogen and oxygen atoms in total. The molecule has 0 spiro atoms. The minimum Gasteiger partial charge on any atom is -0.301 e. The highest BCUT2D eigenvalue weighted by Crippen LogP contribution is 2.35. The van der Waals surface area contributed by atoms with E-state index in [1.54, 1.807) is 0 Å². The van der Waals surface area contributed by atoms with Gasteiger partial charge in [0.15, 0.2) is 0 Å². The van der Waals surface area contributed by atoms with Gasteiger partial charge in [0.2, 0.25) is 0 Å². The Balaban J connectivity index is 3.48. The van der Waals surface area contributed by atoms with E-state index in [2.05, 4.69) is 4.52 Å². The fourth-order valence-corrected chi connectivity index (χ4v) is 0. The zero-order chi connectivity index (χ0) is 5.21. The van der Waals surface area contributed by atoms with Crippen LogP contribution in [0, 0.1) is 0 Å². The second-order valence-corrected chi connectivity index (χ2v) is 1.95. The van der Waals surface area contributed by atoms with Crippen molar-refractivity contribution in [2.75, 3.05) is 7.11 Å². The third-order valence-corrected chi connectivity index (χ3v) is 0.692. The van der Waals surface area contributed by atoms with E-state index >= 15 is 0 Å². The molecule has 0 saturated heterocycles. The first-order valence-corrected chi connectivity index (χ1v) is 2.65. The predicted octanol–water partition coefficient (Wildman–Crippen LogP) is 0.164. The minimum absolute atomic E-state index is 0.883. The summed E-state index contributed by atoms with van der Waals surface area (Å²) in [4.78, 5) is 17.0. The van der Waals surface area contributed by atoms with Gasteiger partial charge in [-0.1, -0.05) is 0 Å². The summed E-state index contributed by atoms with van der Waals surface area (Å²) < 4.78 is 12.9. The van der Waals surface area contributed by atoms with E-state index in [1.807, 2.05) is 0 Å². The molecule has 0 aliphatic carbocycles. The largest absolute Gasteiger partial charge is 0.499 e. The average Bonchev–Trinajstić information content (AvgIpc) is 1.35. The molecule has 1 radical (unpaired) electrons. The lowest BCUT2D eigenvalue weighted by molar-refractivity contribution is 0.203. The van der Waals surface area contributed by atoms with Crippen molar-refractivity contribution in [3.05, 3.63) is 0 Å². The standard InChI is InChI=1S/CH4O4P/c1-5-6(2,3)4/h1H3,(H,2,3). The number of hydrogen-bond acceptors (Lipinski definition) is 2. The van der Waals surface area contributed by atoms with E-state index in [-0.39, 0.29) is 0 Å². The van der Waals surface area contributed by atoms with Crippen molar-refractivity contribution in [3.8, 4) is 0 Å². The summed E-state index contributed by atoms with van der Waals surface area (Å²) in [6.07, 6.45) is 0. The second kappa shape index (κ2) is 1.71. The Morgan fingerprint density at radius 1 is 1.83 bits per heavy atom. The smallest absolute Gasteiger partial charge is 0.301 e. The first-order chi connectivity index (χ1) is 2.56. The van der Waals surface area contributed by atoms with Gasteiger partial charge in [0, 0.05) is 7.11 Å². The van der Waals surface area contributed by atoms with Crippen LogP contribution in [0.4, 0.5) is 0 Å². The van der Waals surface area contributed by atoms with E-state index in [0.29, 0.717) is 0 Å². The SMILES string of the molecule is COP([O])(=O)O. The monoisotopic (exact) mass is 111 g/mol. The highest BCUT2D eigenvalue weighted by Gasteiger charge is 2.11. The maximum Gasteiger partial charge on any atom is 0.499 e. The van der Waals surface area contributed by atoms with Gasteiger partial charge in [-0.25, -0.2) is 4.57 Å². The summed E-state index contributed by atoms with van der Waals surface area (Å²) in [6.45, 7) is 0. The molecule has 0 aliphatic rings. The number of rotatable bonds is 1. The average molecular weight is 111 g/mol. The summed E-state index contributed by atoms with van der Waals surface area (Å²) in [5.74, 6) is 0. The predicted molar refractivity (Wildman–Crippen MR) is 17.5 cm³/mol. The van der Waals surface area contributed by atoms with Crippen LogP contribution in [0.5, 0.6) is 0 Å². The lowest BCUT2D eigenvalue weighted by atomic mass is 11.8. The fourth-order valence-electron chi connectivity index (χ4n) is 0. The van der Waals surface area contributed by atoms with Crippen molar-refractivity contribution >= 4 is 7.82 Å². The van der Waals surface area contributed by atoms with Crippen LogP contribution in [0.25, 0.3) is 0 Å². The van der Waals surface area contributed by atoms with Gasteiger partial charge < -0.3 is 4.89 Å². The molecular weight excluding hydrogens is 107 g/mol. The normalized spacial score (nSPS) is 11.8. The van der Waals surface area contributed by atoms with Crippen molar-refractivity contribution in [2.45, 2.75) is 0 Å². The highest BCUT2D eigenvalue weighted by atomic mass is 31.2. The maximum atomic E-state index is 9.36. The van der Waals surface area contributed by atoms with Crippen LogP contribution in [0.1, 0.15) is 0 Å². The van der Waals surface area contributed by atoms with E-state index in [0.717, 1.165) is 7.11 Å². The fraction of sp³-hybridized carbons (Fsp3) is 1.00. The van der Waals surface area contributed by atoms with E-state index in [1.165, 1.54) is 0 Å². The van der Waals surface area contributed by atoms with Crippen LogP contribution in [-0.2, 0) is 14.0 Å². The molecule has 1 unspecified atom stereocenters. The topological polar surface area (TPSA) is 66.4 Å². The van der Waals surface area contributed by atoms with Gasteiger partial charge >= 0.3 is 7.82 Å². The molecule has 0 aliphatic heterocycles. The highest BCUT2D eigenvalue weighted by molar-refractivity contribution is 7.46. The molecule has 37 valence electrons. The van der Waals surface area contributed by atoms with E-state index in [9.17, 15) is 9.46 Å². The van der Waals surface area contributed by atoms with Crippen LogP contribution < -0.4 is 0 Å². The molecule has 6 heavy (non-hydrogen) atoms. The minimum atomic E-state index is -4.40. The molecule has 0 aromatic heterocycles. The molecule has 0 aromatic rings. The van der Waals surface area contributed by atoms with Gasteiger partial charge in [-0.2, -0.15) is 0 Å². The van der Waals surface area contributed by atoms with Crippen molar-refractivity contribution in [2.24, 2.45) is 0 Å². The van der Waals surface area contributed by atoms with E-state index < -0.39 is 7.82 Å². The molecule has 5 heteroatoms. The van der Waals surface area contributed by atoms with Crippen molar-refractivity contribution in [3.63, 3.8) is 0 Å². The van der Waals surface area contributed by atoms with Crippen molar-refractivity contribution in [1.29, 1.82) is 0 Å². The molecule has 1 N–H and O–H groups in total. The van der Waals surface area contributed by atoms with Crippen LogP contribution >= 0.6 is 7.82 Å². The third kappa shape index (κ3) is 4.11. The molecule has 0 heterocycles. The Morgan fingerprint density at radius 2 is 2.00 bits per heavy atom. The lowest BCUT2D eigenvalue weighted by Crippen LogP contribution is -1.74. The van der Waals surface area contributed by atoms with Gasteiger partial charge in [-0.15, -0.1) is 4.89 Å². The number of hydrogen-bond donors (Lipinski definition) is 1. The van der Waals surface area contributed by atoms with Crippen LogP contribution in [0.2, 0.25) is 0 Å². The lowest BCUT2D eigenvalue weighted by Gasteiger charge is -1.90. The molecule has 1 atom stereocenters. The Kier molecular flexibility index (Phi) is 1.74. The second-order valence-electron chi connectivity index (χ2n) is 0.651. The van der Waals surface area contributed by atoms with Gasteiger partial charge in [-0.3, -0.25) is 4.52 Å². The van der Waals surface area contributed by atoms with Gasteiger partial charge in [-0.05, 0) is 0 Å². The zero-order valence-electron chi connectivity index (χ0n) is 3.12. The molecule has 0 rings (SSSR count). The molecule has 0 fully saturated rings. The molecule has 0 amide bonds. The Morgan fingerprint density at radius 3 is 2.00 bits per heavy atom. The zero-order valence-corrected chi connectivity index (χ0v) is 4.01. The maximum absolute atomic E-state index is 9.36. The summed E-state index contributed by atoms with van der Waals surface area (Å²) in [7, 11) is -3.51. The Labute approximate surface area is 35.0 Å². The first-order valence-electron chi connectivity index (χ1n) is 1.16. The Bertz CT molecular complexity index is 71.6. The van der Waals surface area contributed by atoms with Gasteiger partial charge in [0.1, 0.15) is 0 Å². The van der Waals surface area contributed by atoms with Crippen LogP contribution in [-0.4, -0.2) is 12.0 Å². The van der Waals surface area contributed by atoms with E-state index in [4.69, 9.17) is 4.89 Å². The van der Waals surface area contributed by atoms with Gasteiger partial charge in [0.25, 0.3) is 0 Å². The first kappa shape index (κ1) is 6.11. The summed E-state index contributed by atoms with van der Waals surface area (Å²) in [6, 6.07) is 0. The summed E-state index contributed by atoms with van der Waals surface area (Å²) in [5, 5.41) is 0. The molecule has 0 bridgehead atoms. The van der Waals surface area contributed by atoms with Crippen molar-refractivity contribution < 1.29 is 18.9 Å². The van der Waals surface area contributed by atoms with Crippen LogP contribution in [0.15, 0.2) is 0 Å². The van der Waals surface area contributed by atoms with Gasteiger partial charge in [0.05, 0.1) is 0 Å². The Hall–Kier alpha value is 0.110.